The third-order valence-electron chi connectivity index (χ3n) is 2.22. The molecule has 1 rings (SSSR count). The quantitative estimate of drug-likeness (QED) is 0.698. The summed E-state index contributed by atoms with van der Waals surface area (Å²) in [6.45, 7) is 2.59. The molecule has 0 aromatic carbocycles. The Morgan fingerprint density at radius 3 is 2.61 bits per heavy atom. The van der Waals surface area contributed by atoms with E-state index in [1.165, 1.54) is 0 Å². The lowest BCUT2D eigenvalue weighted by atomic mass is 10.3. The summed E-state index contributed by atoms with van der Waals surface area (Å²) in [5, 5.41) is 3.56. The number of anilines is 1. The average molecular weight is 275 g/mol. The summed E-state index contributed by atoms with van der Waals surface area (Å²) in [5.74, 6) is 0.773. The van der Waals surface area contributed by atoms with Gasteiger partial charge in [-0.3, -0.25) is 0 Å². The maximum Gasteiger partial charge on any atom is 0.126 e. The Labute approximate surface area is 112 Å². The van der Waals surface area contributed by atoms with Crippen LogP contribution >= 0.6 is 11.6 Å². The molecule has 1 aromatic heterocycles. The number of hydrogen-bond acceptors (Lipinski definition) is 5. The SMILES string of the molecule is CNc1ccc(Cl)c(COCCOCCOC)n1. The molecule has 102 valence electrons. The van der Waals surface area contributed by atoms with Crippen molar-refractivity contribution in [2.75, 3.05) is 45.9 Å². The van der Waals surface area contributed by atoms with Gasteiger partial charge in [0.2, 0.25) is 0 Å². The van der Waals surface area contributed by atoms with Crippen LogP contribution in [0.25, 0.3) is 0 Å². The Morgan fingerprint density at radius 2 is 1.89 bits per heavy atom. The van der Waals surface area contributed by atoms with Gasteiger partial charge in [-0.15, -0.1) is 0 Å². The molecule has 6 heteroatoms. The molecule has 0 fully saturated rings. The van der Waals surface area contributed by atoms with Crippen molar-refractivity contribution < 1.29 is 14.2 Å². The monoisotopic (exact) mass is 274 g/mol. The zero-order chi connectivity index (χ0) is 13.2. The van der Waals surface area contributed by atoms with Crippen LogP contribution in [0.3, 0.4) is 0 Å². The number of ether oxygens (including phenoxy) is 3. The maximum atomic E-state index is 6.02. The second-order valence-corrected chi connectivity index (χ2v) is 3.94. The van der Waals surface area contributed by atoms with E-state index < -0.39 is 0 Å². The molecule has 0 amide bonds. The van der Waals surface area contributed by atoms with E-state index in [0.717, 1.165) is 11.5 Å². The van der Waals surface area contributed by atoms with Crippen molar-refractivity contribution >= 4 is 17.4 Å². The first-order chi connectivity index (χ1) is 8.77. The Balaban J connectivity index is 2.22. The van der Waals surface area contributed by atoms with Crippen molar-refractivity contribution in [3.05, 3.63) is 22.8 Å². The number of nitrogens with one attached hydrogen (secondary N) is 1. The van der Waals surface area contributed by atoms with Gasteiger partial charge in [0.15, 0.2) is 0 Å². The minimum absolute atomic E-state index is 0.377. The van der Waals surface area contributed by atoms with Gasteiger partial charge in [-0.2, -0.15) is 0 Å². The number of halogens is 1. The molecular formula is C12H19ClN2O3. The van der Waals surface area contributed by atoms with Crippen molar-refractivity contribution in [1.82, 2.24) is 4.98 Å². The van der Waals surface area contributed by atoms with E-state index in [-0.39, 0.29) is 0 Å². The summed E-state index contributed by atoms with van der Waals surface area (Å²) >= 11 is 6.02. The van der Waals surface area contributed by atoms with Crippen LogP contribution in [-0.2, 0) is 20.8 Å². The van der Waals surface area contributed by atoms with Crippen LogP contribution in [0.1, 0.15) is 5.69 Å². The summed E-state index contributed by atoms with van der Waals surface area (Å²) in [6, 6.07) is 3.62. The Kier molecular flexibility index (Phi) is 7.68. The van der Waals surface area contributed by atoms with Crippen molar-refractivity contribution in [2.45, 2.75) is 6.61 Å². The predicted molar refractivity (Wildman–Crippen MR) is 71.1 cm³/mol. The van der Waals surface area contributed by atoms with Crippen LogP contribution in [0, 0.1) is 0 Å². The van der Waals surface area contributed by atoms with E-state index >= 15 is 0 Å². The van der Waals surface area contributed by atoms with Crippen molar-refractivity contribution in [1.29, 1.82) is 0 Å². The van der Waals surface area contributed by atoms with Gasteiger partial charge in [-0.05, 0) is 12.1 Å². The van der Waals surface area contributed by atoms with E-state index in [9.17, 15) is 0 Å². The van der Waals surface area contributed by atoms with E-state index in [1.54, 1.807) is 13.2 Å². The molecular weight excluding hydrogens is 256 g/mol. The fraction of sp³-hybridized carbons (Fsp3) is 0.583. The van der Waals surface area contributed by atoms with Gasteiger partial charge >= 0.3 is 0 Å². The first-order valence-corrected chi connectivity index (χ1v) is 6.13. The summed E-state index contributed by atoms with van der Waals surface area (Å²) in [7, 11) is 3.45. The lowest BCUT2D eigenvalue weighted by Crippen LogP contribution is -2.09. The van der Waals surface area contributed by atoms with Gasteiger partial charge in [-0.1, -0.05) is 11.6 Å². The molecule has 0 aliphatic heterocycles. The predicted octanol–water partition coefficient (Wildman–Crippen LogP) is 1.96. The van der Waals surface area contributed by atoms with Crippen LogP contribution in [0.4, 0.5) is 5.82 Å². The highest BCUT2D eigenvalue weighted by Gasteiger charge is 2.03. The van der Waals surface area contributed by atoms with Crippen molar-refractivity contribution in [2.24, 2.45) is 0 Å². The molecule has 1 heterocycles. The summed E-state index contributed by atoms with van der Waals surface area (Å²) in [5.41, 5.74) is 0.723. The van der Waals surface area contributed by atoms with E-state index in [0.29, 0.717) is 38.1 Å². The largest absolute Gasteiger partial charge is 0.382 e. The molecule has 0 bridgehead atoms. The number of methoxy groups -OCH3 is 1. The molecule has 0 unspecified atom stereocenters. The van der Waals surface area contributed by atoms with Crippen molar-refractivity contribution in [3.63, 3.8) is 0 Å². The topological polar surface area (TPSA) is 52.6 Å². The molecule has 1 aromatic rings. The van der Waals surface area contributed by atoms with E-state index in [4.69, 9.17) is 25.8 Å². The fourth-order valence-electron chi connectivity index (χ4n) is 1.26. The van der Waals surface area contributed by atoms with Gasteiger partial charge in [0, 0.05) is 14.2 Å². The second kappa shape index (κ2) is 9.10. The second-order valence-electron chi connectivity index (χ2n) is 3.53. The molecule has 0 saturated carbocycles. The minimum Gasteiger partial charge on any atom is -0.382 e. The number of rotatable bonds is 9. The van der Waals surface area contributed by atoms with Gasteiger partial charge in [0.1, 0.15) is 5.82 Å². The Bertz CT molecular complexity index is 350. The molecule has 0 atom stereocenters. The smallest absolute Gasteiger partial charge is 0.126 e. The molecule has 0 aliphatic rings. The fourth-order valence-corrected chi connectivity index (χ4v) is 1.42. The number of pyridine rings is 1. The summed E-state index contributed by atoms with van der Waals surface area (Å²) in [4.78, 5) is 4.31. The highest BCUT2D eigenvalue weighted by atomic mass is 35.5. The van der Waals surface area contributed by atoms with E-state index in [1.807, 2.05) is 13.1 Å². The third kappa shape index (κ3) is 5.64. The van der Waals surface area contributed by atoms with Crippen LogP contribution in [0.15, 0.2) is 12.1 Å². The molecule has 0 saturated heterocycles. The summed E-state index contributed by atoms with van der Waals surface area (Å²) < 4.78 is 15.6. The Hall–Kier alpha value is -0.880. The normalized spacial score (nSPS) is 10.6. The standard InChI is InChI=1S/C12H19ClN2O3/c1-14-12-4-3-10(13)11(15-12)9-18-8-7-17-6-5-16-2/h3-4H,5-9H2,1-2H3,(H,14,15). The molecule has 5 nitrogen and oxygen atoms in total. The van der Waals surface area contributed by atoms with Crippen molar-refractivity contribution in [3.8, 4) is 0 Å². The zero-order valence-electron chi connectivity index (χ0n) is 10.7. The highest BCUT2D eigenvalue weighted by Crippen LogP contribution is 2.17. The molecule has 18 heavy (non-hydrogen) atoms. The third-order valence-corrected chi connectivity index (χ3v) is 2.56. The average Bonchev–Trinajstić information content (AvgIpc) is 2.39. The van der Waals surface area contributed by atoms with Crippen LogP contribution in [0.5, 0.6) is 0 Å². The first kappa shape index (κ1) is 15.2. The molecule has 0 spiro atoms. The number of aromatic nitrogens is 1. The molecule has 1 N–H and O–H groups in total. The highest BCUT2D eigenvalue weighted by molar-refractivity contribution is 6.31. The lowest BCUT2D eigenvalue weighted by molar-refractivity contribution is 0.0193. The van der Waals surface area contributed by atoms with Crippen LogP contribution in [-0.4, -0.2) is 45.6 Å². The van der Waals surface area contributed by atoms with Gasteiger partial charge in [0.05, 0.1) is 43.8 Å². The number of hydrogen-bond donors (Lipinski definition) is 1. The molecule has 0 aliphatic carbocycles. The minimum atomic E-state index is 0.377. The first-order valence-electron chi connectivity index (χ1n) is 5.75. The summed E-state index contributed by atoms with van der Waals surface area (Å²) in [6.07, 6.45) is 0. The van der Waals surface area contributed by atoms with Gasteiger partial charge in [-0.25, -0.2) is 4.98 Å². The lowest BCUT2D eigenvalue weighted by Gasteiger charge is -2.08. The van der Waals surface area contributed by atoms with E-state index in [2.05, 4.69) is 10.3 Å². The Morgan fingerprint density at radius 1 is 1.17 bits per heavy atom. The molecule has 0 radical (unpaired) electrons. The van der Waals surface area contributed by atoms with Crippen LogP contribution in [0.2, 0.25) is 5.02 Å². The maximum absolute atomic E-state index is 6.02. The van der Waals surface area contributed by atoms with Gasteiger partial charge in [0.25, 0.3) is 0 Å². The number of nitrogens with zero attached hydrogens (tertiary/aromatic N) is 1. The van der Waals surface area contributed by atoms with Gasteiger partial charge < -0.3 is 19.5 Å². The van der Waals surface area contributed by atoms with Crippen LogP contribution < -0.4 is 5.32 Å². The zero-order valence-corrected chi connectivity index (χ0v) is 11.5.